The van der Waals surface area contributed by atoms with Crippen molar-refractivity contribution in [3.8, 4) is 0 Å². The molecule has 4 heterocycles. The molecule has 4 rings (SSSR count). The lowest BCUT2D eigenvalue weighted by atomic mass is 9.86. The lowest BCUT2D eigenvalue weighted by molar-refractivity contribution is -0.190. The highest BCUT2D eigenvalue weighted by Crippen LogP contribution is 2.35. The van der Waals surface area contributed by atoms with E-state index in [4.69, 9.17) is 18.9 Å². The summed E-state index contributed by atoms with van der Waals surface area (Å²) < 4.78 is 24.8. The van der Waals surface area contributed by atoms with Crippen molar-refractivity contribution < 1.29 is 53.7 Å². The van der Waals surface area contributed by atoms with Crippen LogP contribution >= 0.6 is 0 Å². The highest BCUT2D eigenvalue weighted by Gasteiger charge is 2.52. The summed E-state index contributed by atoms with van der Waals surface area (Å²) in [6, 6.07) is 0. The highest BCUT2D eigenvalue weighted by molar-refractivity contribution is 5.91. The van der Waals surface area contributed by atoms with Gasteiger partial charge in [-0.15, -0.1) is 0 Å². The van der Waals surface area contributed by atoms with Crippen LogP contribution in [0.15, 0.2) is 0 Å². The van der Waals surface area contributed by atoms with Gasteiger partial charge in [0, 0.05) is 25.7 Å². The van der Waals surface area contributed by atoms with Gasteiger partial charge in [-0.25, -0.2) is 9.59 Å². The van der Waals surface area contributed by atoms with E-state index in [1.165, 1.54) is 0 Å². The fourth-order valence-corrected chi connectivity index (χ4v) is 3.58. The Bertz CT molecular complexity index is 554. The van der Waals surface area contributed by atoms with E-state index in [-0.39, 0.29) is 50.1 Å². The van der Waals surface area contributed by atoms with Crippen molar-refractivity contribution in [1.29, 1.82) is 0 Å². The van der Waals surface area contributed by atoms with E-state index in [1.54, 1.807) is 0 Å². The third kappa shape index (κ3) is 5.50. The summed E-state index contributed by atoms with van der Waals surface area (Å²) in [6.07, 6.45) is -5.39. The molecule has 0 saturated carbocycles. The van der Waals surface area contributed by atoms with Gasteiger partial charge in [-0.3, -0.25) is 0 Å². The molecular formula is C18H26O11. The standard InChI is InChI=1S/C18H26O11/c19-13(17(23,1-9-5-25-9)2-10-6-26-10)15(21)29-16(22)14(20)18(24,3-11-7-27-11)4-12-8-28-12/h9-14,19-20,23-24H,1-8H2. The lowest BCUT2D eigenvalue weighted by Gasteiger charge is -2.32. The van der Waals surface area contributed by atoms with Gasteiger partial charge < -0.3 is 44.1 Å². The maximum Gasteiger partial charge on any atom is 0.345 e. The number of esters is 2. The van der Waals surface area contributed by atoms with Crippen LogP contribution < -0.4 is 0 Å². The number of carbonyl (C=O) groups excluding carboxylic acids is 2. The first-order valence-electron chi connectivity index (χ1n) is 9.71. The molecule has 4 aliphatic heterocycles. The summed E-state index contributed by atoms with van der Waals surface area (Å²) in [6.45, 7) is 1.58. The van der Waals surface area contributed by atoms with Crippen LogP contribution in [0.3, 0.4) is 0 Å². The van der Waals surface area contributed by atoms with Crippen molar-refractivity contribution in [2.45, 2.75) is 73.5 Å². The molecule has 0 aromatic rings. The Hall–Kier alpha value is -1.18. The largest absolute Gasteiger partial charge is 0.389 e. The SMILES string of the molecule is O=C(OC(=O)C(O)C(O)(CC1CO1)CC1CO1)C(O)C(O)(CC1CO1)CC1CO1. The molecule has 0 aromatic carbocycles. The Morgan fingerprint density at radius 3 is 1.17 bits per heavy atom. The third-order valence-electron chi connectivity index (χ3n) is 5.60. The maximum atomic E-state index is 12.3. The van der Waals surface area contributed by atoms with Crippen molar-refractivity contribution in [2.75, 3.05) is 26.4 Å². The zero-order valence-electron chi connectivity index (χ0n) is 15.8. The molecule has 4 N–H and O–H groups in total. The second-order valence-electron chi connectivity index (χ2n) is 8.39. The second-order valence-corrected chi connectivity index (χ2v) is 8.39. The number of rotatable bonds is 12. The highest BCUT2D eigenvalue weighted by atomic mass is 16.6. The maximum absolute atomic E-state index is 12.3. The van der Waals surface area contributed by atoms with Crippen LogP contribution in [-0.4, -0.2) is 107 Å². The quantitative estimate of drug-likeness (QED) is 0.148. The zero-order valence-corrected chi connectivity index (χ0v) is 15.8. The van der Waals surface area contributed by atoms with E-state index < -0.39 is 35.3 Å². The first-order valence-corrected chi connectivity index (χ1v) is 9.71. The molecule has 0 radical (unpaired) electrons. The Morgan fingerprint density at radius 2 is 0.966 bits per heavy atom. The Morgan fingerprint density at radius 1 is 0.724 bits per heavy atom. The molecule has 11 nitrogen and oxygen atoms in total. The summed E-state index contributed by atoms with van der Waals surface area (Å²) in [7, 11) is 0. The van der Waals surface area contributed by atoms with Gasteiger partial charge in [0.25, 0.3) is 0 Å². The minimum atomic E-state index is -2.04. The zero-order chi connectivity index (χ0) is 20.8. The number of epoxide rings is 4. The lowest BCUT2D eigenvalue weighted by Crippen LogP contribution is -2.53. The van der Waals surface area contributed by atoms with Crippen LogP contribution in [0.1, 0.15) is 25.7 Å². The fourth-order valence-electron chi connectivity index (χ4n) is 3.58. The molecule has 4 saturated heterocycles. The number of hydrogen-bond donors (Lipinski definition) is 4. The molecule has 0 spiro atoms. The van der Waals surface area contributed by atoms with Crippen molar-refractivity contribution in [3.63, 3.8) is 0 Å². The molecule has 29 heavy (non-hydrogen) atoms. The van der Waals surface area contributed by atoms with Crippen LogP contribution in [0, 0.1) is 0 Å². The number of hydrogen-bond acceptors (Lipinski definition) is 11. The second kappa shape index (κ2) is 7.82. The fraction of sp³-hybridized carbons (Fsp3) is 0.889. The Balaban J connectivity index is 1.37. The molecule has 4 fully saturated rings. The van der Waals surface area contributed by atoms with Gasteiger partial charge in [-0.1, -0.05) is 0 Å². The van der Waals surface area contributed by atoms with Gasteiger partial charge in [-0.05, 0) is 0 Å². The molecule has 6 unspecified atom stereocenters. The molecule has 0 aromatic heterocycles. The third-order valence-corrected chi connectivity index (χ3v) is 5.60. The molecule has 4 aliphatic rings. The first kappa shape index (κ1) is 21.1. The van der Waals surface area contributed by atoms with Gasteiger partial charge in [0.1, 0.15) is 11.2 Å². The van der Waals surface area contributed by atoms with E-state index in [9.17, 15) is 30.0 Å². The summed E-state index contributed by atoms with van der Waals surface area (Å²) in [5.41, 5.74) is -3.80. The van der Waals surface area contributed by atoms with Crippen molar-refractivity contribution in [1.82, 2.24) is 0 Å². The molecular weight excluding hydrogens is 392 g/mol. The van der Waals surface area contributed by atoms with Gasteiger partial charge >= 0.3 is 11.9 Å². The average Bonchev–Trinajstić information content (AvgIpc) is 3.49. The summed E-state index contributed by atoms with van der Waals surface area (Å²) in [5, 5.41) is 42.3. The summed E-state index contributed by atoms with van der Waals surface area (Å²) in [5.74, 6) is -2.82. The summed E-state index contributed by atoms with van der Waals surface area (Å²) in [4.78, 5) is 24.7. The van der Waals surface area contributed by atoms with Gasteiger partial charge in [0.15, 0.2) is 12.2 Å². The van der Waals surface area contributed by atoms with E-state index in [2.05, 4.69) is 4.74 Å². The van der Waals surface area contributed by atoms with Gasteiger partial charge in [0.2, 0.25) is 0 Å². The van der Waals surface area contributed by atoms with E-state index in [0.717, 1.165) is 0 Å². The minimum Gasteiger partial charge on any atom is -0.389 e. The molecule has 11 heteroatoms. The van der Waals surface area contributed by atoms with E-state index in [0.29, 0.717) is 26.4 Å². The topological polar surface area (TPSA) is 174 Å². The molecule has 6 atom stereocenters. The average molecular weight is 418 g/mol. The Kier molecular flexibility index (Phi) is 5.68. The van der Waals surface area contributed by atoms with Crippen molar-refractivity contribution in [3.05, 3.63) is 0 Å². The predicted octanol–water partition coefficient (Wildman–Crippen LogP) is -2.60. The van der Waals surface area contributed by atoms with Crippen LogP contribution in [0.4, 0.5) is 0 Å². The van der Waals surface area contributed by atoms with Crippen molar-refractivity contribution >= 4 is 11.9 Å². The van der Waals surface area contributed by atoms with Crippen molar-refractivity contribution in [2.24, 2.45) is 0 Å². The molecule has 0 aliphatic carbocycles. The summed E-state index contributed by atoms with van der Waals surface area (Å²) >= 11 is 0. The van der Waals surface area contributed by atoms with E-state index in [1.807, 2.05) is 0 Å². The minimum absolute atomic E-state index is 0.0259. The monoisotopic (exact) mass is 418 g/mol. The normalized spacial score (nSPS) is 35.6. The van der Waals surface area contributed by atoms with Gasteiger partial charge in [0.05, 0.1) is 50.8 Å². The van der Waals surface area contributed by atoms with Gasteiger partial charge in [-0.2, -0.15) is 0 Å². The van der Waals surface area contributed by atoms with Crippen LogP contribution in [-0.2, 0) is 33.3 Å². The Labute approximate surface area is 166 Å². The number of aliphatic hydroxyl groups excluding tert-OH is 2. The molecule has 164 valence electrons. The van der Waals surface area contributed by atoms with E-state index >= 15 is 0 Å². The number of carbonyl (C=O) groups is 2. The van der Waals surface area contributed by atoms with Crippen LogP contribution in [0.2, 0.25) is 0 Å². The predicted molar refractivity (Wildman–Crippen MR) is 90.4 cm³/mol. The smallest absolute Gasteiger partial charge is 0.345 e. The van der Waals surface area contributed by atoms with Crippen LogP contribution in [0.5, 0.6) is 0 Å². The first-order chi connectivity index (χ1) is 13.7. The molecule has 0 bridgehead atoms. The van der Waals surface area contributed by atoms with Crippen LogP contribution in [0.25, 0.3) is 0 Å². The number of aliphatic hydroxyl groups is 4. The molecule has 0 amide bonds. The number of ether oxygens (including phenoxy) is 5.